The Hall–Kier alpha value is -1.36. The molecular formula is C15H27N5. The van der Waals surface area contributed by atoms with Crippen LogP contribution in [-0.2, 0) is 6.42 Å². The summed E-state index contributed by atoms with van der Waals surface area (Å²) in [5.74, 6) is 2.77. The summed E-state index contributed by atoms with van der Waals surface area (Å²) in [4.78, 5) is 11.7. The highest BCUT2D eigenvalue weighted by Crippen LogP contribution is 2.21. The molecule has 0 saturated carbocycles. The third kappa shape index (κ3) is 3.60. The van der Waals surface area contributed by atoms with Gasteiger partial charge in [0, 0.05) is 31.6 Å². The summed E-state index contributed by atoms with van der Waals surface area (Å²) < 4.78 is 0. The van der Waals surface area contributed by atoms with Crippen LogP contribution in [0, 0.1) is 6.92 Å². The maximum atomic E-state index is 4.63. The van der Waals surface area contributed by atoms with E-state index in [2.05, 4.69) is 46.3 Å². The van der Waals surface area contributed by atoms with Crippen LogP contribution in [0.15, 0.2) is 0 Å². The molecular weight excluding hydrogens is 250 g/mol. The first-order chi connectivity index (χ1) is 9.63. The van der Waals surface area contributed by atoms with E-state index in [9.17, 15) is 0 Å². The molecule has 112 valence electrons. The smallest absolute Gasteiger partial charge is 0.135 e. The average Bonchev–Trinajstić information content (AvgIpc) is 2.93. The van der Waals surface area contributed by atoms with Crippen molar-refractivity contribution < 1.29 is 0 Å². The third-order valence-corrected chi connectivity index (χ3v) is 3.86. The molecule has 1 saturated heterocycles. The maximum absolute atomic E-state index is 4.63. The van der Waals surface area contributed by atoms with Gasteiger partial charge in [-0.05, 0) is 39.8 Å². The van der Waals surface area contributed by atoms with Gasteiger partial charge in [0.1, 0.15) is 17.5 Å². The molecule has 2 rings (SSSR count). The van der Waals surface area contributed by atoms with Crippen LogP contribution in [0.4, 0.5) is 11.6 Å². The summed E-state index contributed by atoms with van der Waals surface area (Å²) in [6.07, 6.45) is 3.52. The highest BCUT2D eigenvalue weighted by Gasteiger charge is 2.16. The van der Waals surface area contributed by atoms with Crippen LogP contribution in [0.2, 0.25) is 0 Å². The fourth-order valence-corrected chi connectivity index (χ4v) is 2.74. The number of hydrogen-bond donors (Lipinski definition) is 2. The quantitative estimate of drug-likeness (QED) is 0.835. The maximum Gasteiger partial charge on any atom is 0.135 e. The van der Waals surface area contributed by atoms with Gasteiger partial charge in [-0.1, -0.05) is 6.92 Å². The molecule has 20 heavy (non-hydrogen) atoms. The zero-order valence-electron chi connectivity index (χ0n) is 13.2. The predicted octanol–water partition coefficient (Wildman–Crippen LogP) is 2.29. The number of aryl methyl sites for hydroxylation is 1. The topological polar surface area (TPSA) is 53.1 Å². The lowest BCUT2D eigenvalue weighted by Gasteiger charge is -2.23. The van der Waals surface area contributed by atoms with Crippen LogP contribution in [0.25, 0.3) is 0 Å². The second-order valence-electron chi connectivity index (χ2n) is 5.62. The molecule has 0 spiro atoms. The van der Waals surface area contributed by atoms with Crippen LogP contribution in [-0.4, -0.2) is 47.6 Å². The standard InChI is InChI=1S/C15H27N5/c1-5-13-18-14(16-4)12(3)15(19-13)17-11(2)10-20-8-6-7-9-20/h11H,5-10H2,1-4H3,(H2,16,17,18,19). The van der Waals surface area contributed by atoms with Gasteiger partial charge in [-0.15, -0.1) is 0 Å². The highest BCUT2D eigenvalue weighted by molar-refractivity contribution is 5.57. The van der Waals surface area contributed by atoms with Crippen LogP contribution in [0.3, 0.4) is 0 Å². The van der Waals surface area contributed by atoms with Crippen molar-refractivity contribution in [2.75, 3.05) is 37.3 Å². The minimum atomic E-state index is 0.399. The zero-order valence-corrected chi connectivity index (χ0v) is 13.2. The van der Waals surface area contributed by atoms with Crippen LogP contribution in [0.5, 0.6) is 0 Å². The van der Waals surface area contributed by atoms with Crippen molar-refractivity contribution in [2.24, 2.45) is 0 Å². The first-order valence-corrected chi connectivity index (χ1v) is 7.68. The van der Waals surface area contributed by atoms with Gasteiger partial charge in [0.05, 0.1) is 0 Å². The zero-order chi connectivity index (χ0) is 14.5. The molecule has 1 aliphatic rings. The van der Waals surface area contributed by atoms with Crippen molar-refractivity contribution in [2.45, 2.75) is 46.1 Å². The van der Waals surface area contributed by atoms with Crippen molar-refractivity contribution in [3.63, 3.8) is 0 Å². The number of nitrogens with zero attached hydrogens (tertiary/aromatic N) is 3. The van der Waals surface area contributed by atoms with Gasteiger partial charge in [0.25, 0.3) is 0 Å². The average molecular weight is 277 g/mol. The third-order valence-electron chi connectivity index (χ3n) is 3.86. The summed E-state index contributed by atoms with van der Waals surface area (Å²) >= 11 is 0. The van der Waals surface area contributed by atoms with Crippen LogP contribution < -0.4 is 10.6 Å². The SMILES string of the molecule is CCc1nc(NC)c(C)c(NC(C)CN2CCCC2)n1. The van der Waals surface area contributed by atoms with Crippen molar-refractivity contribution in [1.82, 2.24) is 14.9 Å². The second kappa shape index (κ2) is 6.88. The predicted molar refractivity (Wildman–Crippen MR) is 84.5 cm³/mol. The molecule has 1 aromatic rings. The Balaban J connectivity index is 2.06. The number of anilines is 2. The Morgan fingerprint density at radius 3 is 2.45 bits per heavy atom. The minimum absolute atomic E-state index is 0.399. The summed E-state index contributed by atoms with van der Waals surface area (Å²) in [5.41, 5.74) is 1.10. The number of aromatic nitrogens is 2. The van der Waals surface area contributed by atoms with Gasteiger partial charge in [-0.25, -0.2) is 9.97 Å². The molecule has 5 heteroatoms. The lowest BCUT2D eigenvalue weighted by Crippen LogP contribution is -2.33. The molecule has 2 heterocycles. The van der Waals surface area contributed by atoms with Gasteiger partial charge < -0.3 is 15.5 Å². The van der Waals surface area contributed by atoms with E-state index in [-0.39, 0.29) is 0 Å². The molecule has 2 N–H and O–H groups in total. The Labute approximate surface area is 122 Å². The van der Waals surface area contributed by atoms with Gasteiger partial charge in [-0.2, -0.15) is 0 Å². The van der Waals surface area contributed by atoms with E-state index in [0.717, 1.165) is 36.0 Å². The molecule has 5 nitrogen and oxygen atoms in total. The van der Waals surface area contributed by atoms with Crippen molar-refractivity contribution in [1.29, 1.82) is 0 Å². The molecule has 0 aliphatic carbocycles. The van der Waals surface area contributed by atoms with Gasteiger partial charge in [-0.3, -0.25) is 0 Å². The molecule has 1 fully saturated rings. The molecule has 1 atom stereocenters. The van der Waals surface area contributed by atoms with Crippen LogP contribution >= 0.6 is 0 Å². The van der Waals surface area contributed by atoms with E-state index in [1.54, 1.807) is 0 Å². The normalized spacial score (nSPS) is 17.2. The first-order valence-electron chi connectivity index (χ1n) is 7.68. The Kier molecular flexibility index (Phi) is 5.17. The Morgan fingerprint density at radius 2 is 1.85 bits per heavy atom. The van der Waals surface area contributed by atoms with Crippen molar-refractivity contribution >= 4 is 11.6 Å². The summed E-state index contributed by atoms with van der Waals surface area (Å²) in [6.45, 7) is 9.93. The molecule has 0 amide bonds. The monoisotopic (exact) mass is 277 g/mol. The van der Waals surface area contributed by atoms with Crippen molar-refractivity contribution in [3.05, 3.63) is 11.4 Å². The molecule has 0 bridgehead atoms. The van der Waals surface area contributed by atoms with Crippen molar-refractivity contribution in [3.8, 4) is 0 Å². The number of likely N-dealkylation sites (tertiary alicyclic amines) is 1. The lowest BCUT2D eigenvalue weighted by molar-refractivity contribution is 0.327. The van der Waals surface area contributed by atoms with E-state index in [4.69, 9.17) is 0 Å². The Bertz CT molecular complexity index is 440. The minimum Gasteiger partial charge on any atom is -0.373 e. The molecule has 1 unspecified atom stereocenters. The fraction of sp³-hybridized carbons (Fsp3) is 0.733. The van der Waals surface area contributed by atoms with E-state index >= 15 is 0 Å². The van der Waals surface area contributed by atoms with E-state index in [1.807, 2.05) is 7.05 Å². The van der Waals surface area contributed by atoms with E-state index in [1.165, 1.54) is 25.9 Å². The lowest BCUT2D eigenvalue weighted by atomic mass is 10.2. The summed E-state index contributed by atoms with van der Waals surface area (Å²) in [6, 6.07) is 0.399. The van der Waals surface area contributed by atoms with E-state index in [0.29, 0.717) is 6.04 Å². The largest absolute Gasteiger partial charge is 0.373 e. The van der Waals surface area contributed by atoms with E-state index < -0.39 is 0 Å². The van der Waals surface area contributed by atoms with Gasteiger partial charge in [0.2, 0.25) is 0 Å². The number of rotatable bonds is 6. The number of nitrogens with one attached hydrogen (secondary N) is 2. The van der Waals surface area contributed by atoms with Gasteiger partial charge >= 0.3 is 0 Å². The first kappa shape index (κ1) is 15.0. The number of hydrogen-bond acceptors (Lipinski definition) is 5. The summed E-state index contributed by atoms with van der Waals surface area (Å²) in [5, 5.41) is 6.71. The molecule has 1 aromatic heterocycles. The molecule has 1 aliphatic heterocycles. The summed E-state index contributed by atoms with van der Waals surface area (Å²) in [7, 11) is 1.91. The van der Waals surface area contributed by atoms with Crippen LogP contribution in [0.1, 0.15) is 38.1 Å². The molecule has 0 aromatic carbocycles. The molecule has 0 radical (unpaired) electrons. The second-order valence-corrected chi connectivity index (χ2v) is 5.62. The highest BCUT2D eigenvalue weighted by atomic mass is 15.2. The fourth-order valence-electron chi connectivity index (χ4n) is 2.74. The Morgan fingerprint density at radius 1 is 1.20 bits per heavy atom. The van der Waals surface area contributed by atoms with Gasteiger partial charge in [0.15, 0.2) is 0 Å².